The summed E-state index contributed by atoms with van der Waals surface area (Å²) in [6.07, 6.45) is 0. The van der Waals surface area contributed by atoms with Gasteiger partial charge in [0.05, 0.1) is 0 Å². The van der Waals surface area contributed by atoms with Crippen LogP contribution in [0.25, 0.3) is 5.31 Å². The van der Waals surface area contributed by atoms with Crippen molar-refractivity contribution in [1.29, 1.82) is 0 Å². The first-order valence-electron chi connectivity index (χ1n) is 8.87. The minimum absolute atomic E-state index is 0.924. The van der Waals surface area contributed by atoms with Gasteiger partial charge in [0.2, 0.25) is 0 Å². The summed E-state index contributed by atoms with van der Waals surface area (Å²) >= 11 is 0. The van der Waals surface area contributed by atoms with E-state index in [9.17, 15) is 0 Å². The van der Waals surface area contributed by atoms with E-state index < -0.39 is 7.28 Å². The maximum atomic E-state index is 7.08. The first-order valence-corrected chi connectivity index (χ1v) is 10.9. The van der Waals surface area contributed by atoms with Crippen LogP contribution in [0.15, 0.2) is 60.2 Å². The molecule has 5 rings (SSSR count). The second-order valence-corrected chi connectivity index (χ2v) is 11.6. The summed E-state index contributed by atoms with van der Waals surface area (Å²) in [6, 6.07) is 19.3. The van der Waals surface area contributed by atoms with Crippen LogP contribution in [0.5, 0.6) is 5.75 Å². The molecule has 3 aliphatic rings. The Morgan fingerprint density at radius 1 is 0.880 bits per heavy atom. The predicted octanol–water partition coefficient (Wildman–Crippen LogP) is 4.42. The molecule has 0 saturated carbocycles. The van der Waals surface area contributed by atoms with Gasteiger partial charge in [-0.25, -0.2) is 0 Å². The van der Waals surface area contributed by atoms with Crippen molar-refractivity contribution in [1.82, 2.24) is 9.34 Å². The third kappa shape index (κ3) is 1.55. The van der Waals surface area contributed by atoms with Crippen molar-refractivity contribution in [3.63, 3.8) is 0 Å². The monoisotopic (exact) mass is 353 g/mol. The summed E-state index contributed by atoms with van der Waals surface area (Å²) in [5, 5.41) is 1.39. The van der Waals surface area contributed by atoms with Gasteiger partial charge in [-0.15, -0.1) is 0 Å². The van der Waals surface area contributed by atoms with E-state index in [1.807, 2.05) is 0 Å². The Balaban J connectivity index is 1.86. The molecule has 1 fully saturated rings. The van der Waals surface area contributed by atoms with Gasteiger partial charge in [0, 0.05) is 0 Å². The summed E-state index contributed by atoms with van der Waals surface area (Å²) in [4.78, 5) is 0. The molecule has 0 N–H and O–H groups in total. The zero-order chi connectivity index (χ0) is 17.3. The Morgan fingerprint density at radius 2 is 1.52 bits per heavy atom. The predicted molar refractivity (Wildman–Crippen MR) is 106 cm³/mol. The van der Waals surface area contributed by atoms with Gasteiger partial charge in [-0.2, -0.15) is 0 Å². The molecule has 0 aliphatic carbocycles. The van der Waals surface area contributed by atoms with Crippen molar-refractivity contribution in [2.45, 2.75) is 6.92 Å². The van der Waals surface area contributed by atoms with Crippen LogP contribution in [-0.2, 0) is 0 Å². The summed E-state index contributed by atoms with van der Waals surface area (Å²) in [5.74, 6) is 1.02. The number of nitrogens with zero attached hydrogens (tertiary/aromatic N) is 3. The average molecular weight is 353 g/mol. The Kier molecular flexibility index (Phi) is 2.99. The van der Waals surface area contributed by atoms with Gasteiger partial charge in [-0.1, -0.05) is 0 Å². The molecule has 4 nitrogen and oxygen atoms in total. The number of para-hydroxylation sites is 2. The van der Waals surface area contributed by atoms with Crippen molar-refractivity contribution in [3.05, 3.63) is 65.7 Å². The fourth-order valence-corrected chi connectivity index (χ4v) is 11.4. The molecule has 2 aromatic carbocycles. The normalized spacial score (nSPS) is 25.6. The van der Waals surface area contributed by atoms with Gasteiger partial charge in [0.25, 0.3) is 0 Å². The SMILES string of the molecule is CC1=C(c2ccccc2)P23(Oc4ccccc4N2C1)N(C)CCN3C. The number of likely N-dealkylation sites (N-methyl/N-ethyl adjacent to an activating group) is 2. The number of rotatable bonds is 1. The Morgan fingerprint density at radius 3 is 2.24 bits per heavy atom. The summed E-state index contributed by atoms with van der Waals surface area (Å²) in [6.45, 7) is 5.23. The van der Waals surface area contributed by atoms with Crippen LogP contribution in [0.3, 0.4) is 0 Å². The van der Waals surface area contributed by atoms with Crippen LogP contribution in [0, 0.1) is 0 Å². The zero-order valence-corrected chi connectivity index (χ0v) is 15.9. The standard InChI is InChI=1S/C20H24N3OP/c1-16-15-23-18-11-7-8-12-19(18)24-25(23,21(2)13-14-22(25)3)20(16)17-9-5-4-6-10-17/h4-12H,13-15H2,1-3H3. The van der Waals surface area contributed by atoms with Crippen LogP contribution >= 0.6 is 7.28 Å². The van der Waals surface area contributed by atoms with Crippen LogP contribution in [0.2, 0.25) is 0 Å². The van der Waals surface area contributed by atoms with E-state index in [0.29, 0.717) is 0 Å². The number of benzene rings is 2. The number of hydrogen-bond donors (Lipinski definition) is 0. The van der Waals surface area contributed by atoms with Gasteiger partial charge in [0.15, 0.2) is 0 Å². The van der Waals surface area contributed by atoms with Crippen molar-refractivity contribution < 1.29 is 4.52 Å². The molecular weight excluding hydrogens is 329 g/mol. The molecule has 0 radical (unpaired) electrons. The van der Waals surface area contributed by atoms with Gasteiger partial charge >= 0.3 is 149 Å². The van der Waals surface area contributed by atoms with Crippen LogP contribution < -0.4 is 9.19 Å². The van der Waals surface area contributed by atoms with Gasteiger partial charge in [-0.05, 0) is 0 Å². The molecule has 1 spiro atoms. The first-order chi connectivity index (χ1) is 12.1. The van der Waals surface area contributed by atoms with E-state index in [2.05, 4.69) is 89.6 Å². The third-order valence-corrected chi connectivity index (χ3v) is 12.1. The van der Waals surface area contributed by atoms with E-state index >= 15 is 0 Å². The third-order valence-electron chi connectivity index (χ3n) is 6.05. The molecular formula is C20H24N3OP. The molecule has 25 heavy (non-hydrogen) atoms. The van der Waals surface area contributed by atoms with E-state index in [0.717, 1.165) is 25.4 Å². The molecule has 0 bridgehead atoms. The number of fused-ring (bicyclic) bond motifs is 2. The molecule has 0 aromatic heterocycles. The van der Waals surface area contributed by atoms with Crippen LogP contribution in [0.4, 0.5) is 5.69 Å². The van der Waals surface area contributed by atoms with E-state index in [1.54, 1.807) is 0 Å². The fraction of sp³-hybridized carbons (Fsp3) is 0.300. The molecule has 0 amide bonds. The van der Waals surface area contributed by atoms with Crippen molar-refractivity contribution >= 4 is 18.3 Å². The molecule has 5 heteroatoms. The first kappa shape index (κ1) is 15.4. The van der Waals surface area contributed by atoms with Crippen molar-refractivity contribution in [3.8, 4) is 5.75 Å². The Hall–Kier alpha value is -1.87. The molecule has 130 valence electrons. The van der Waals surface area contributed by atoms with Crippen molar-refractivity contribution in [2.75, 3.05) is 38.4 Å². The van der Waals surface area contributed by atoms with Gasteiger partial charge < -0.3 is 0 Å². The zero-order valence-electron chi connectivity index (χ0n) is 15.0. The Labute approximate surface area is 149 Å². The van der Waals surface area contributed by atoms with Gasteiger partial charge in [-0.3, -0.25) is 0 Å². The topological polar surface area (TPSA) is 19.0 Å². The average Bonchev–Trinajstić information content (AvgIpc) is 3.16. The number of hydrogen-bond acceptors (Lipinski definition) is 4. The van der Waals surface area contributed by atoms with E-state index in [4.69, 9.17) is 4.52 Å². The van der Waals surface area contributed by atoms with E-state index in [-0.39, 0.29) is 0 Å². The Bertz CT molecular complexity index is 885. The van der Waals surface area contributed by atoms with Crippen LogP contribution in [-0.4, -0.2) is 43.1 Å². The summed E-state index contributed by atoms with van der Waals surface area (Å²) < 4.78 is 14.7. The van der Waals surface area contributed by atoms with Crippen molar-refractivity contribution in [2.24, 2.45) is 0 Å². The molecule has 3 heterocycles. The van der Waals surface area contributed by atoms with E-state index in [1.165, 1.54) is 22.1 Å². The summed E-state index contributed by atoms with van der Waals surface area (Å²) in [7, 11) is 1.42. The molecule has 1 saturated heterocycles. The molecule has 0 atom stereocenters. The maximum absolute atomic E-state index is 7.08. The fourth-order valence-electron chi connectivity index (χ4n) is 5.01. The number of anilines is 1. The molecule has 3 aliphatic heterocycles. The quantitative estimate of drug-likeness (QED) is 0.707. The molecule has 2 aromatic rings. The second-order valence-electron chi connectivity index (χ2n) is 7.28. The summed E-state index contributed by atoms with van der Waals surface area (Å²) in [5.41, 5.74) is 3.93. The molecule has 0 unspecified atom stereocenters. The van der Waals surface area contributed by atoms with Gasteiger partial charge in [0.1, 0.15) is 0 Å². The minimum atomic E-state index is -3.06. The second kappa shape index (κ2) is 4.85. The van der Waals surface area contributed by atoms with Crippen LogP contribution in [0.1, 0.15) is 12.5 Å².